The Hall–Kier alpha value is -3.85. The Kier molecular flexibility index (Phi) is 4.14. The Labute approximate surface area is 169 Å². The smallest absolute Gasteiger partial charge is 0.306 e. The minimum Gasteiger partial charge on any atom is -0.444 e. The van der Waals surface area contributed by atoms with Gasteiger partial charge in [-0.3, -0.25) is 4.79 Å². The van der Waals surface area contributed by atoms with E-state index < -0.39 is 5.79 Å². The van der Waals surface area contributed by atoms with E-state index in [1.54, 1.807) is 0 Å². The van der Waals surface area contributed by atoms with Crippen molar-refractivity contribution in [2.75, 3.05) is 0 Å². The summed E-state index contributed by atoms with van der Waals surface area (Å²) < 4.78 is 13.1. The second-order valence-electron chi connectivity index (χ2n) is 6.87. The molecule has 29 heavy (non-hydrogen) atoms. The average Bonchev–Trinajstić information content (AvgIpc) is 2.79. The molecular formula is C26H18O3. The summed E-state index contributed by atoms with van der Waals surface area (Å²) in [6, 6.07) is 34.0. The van der Waals surface area contributed by atoms with Crippen molar-refractivity contribution in [3.05, 3.63) is 131 Å². The molecule has 140 valence electrons. The molecule has 4 aromatic rings. The zero-order valence-electron chi connectivity index (χ0n) is 15.6. The second kappa shape index (κ2) is 6.95. The number of rotatable bonds is 4. The molecule has 4 aromatic carbocycles. The van der Waals surface area contributed by atoms with Crippen LogP contribution in [0.15, 0.2) is 109 Å². The normalized spacial score (nSPS) is 13.9. The van der Waals surface area contributed by atoms with Crippen molar-refractivity contribution in [1.82, 2.24) is 0 Å². The topological polar surface area (TPSA) is 35.5 Å². The first kappa shape index (κ1) is 17.3. The predicted octanol–water partition coefficient (Wildman–Crippen LogP) is 5.59. The summed E-state index contributed by atoms with van der Waals surface area (Å²) in [5.41, 5.74) is 2.55. The van der Waals surface area contributed by atoms with Crippen molar-refractivity contribution in [3.63, 3.8) is 0 Å². The molecule has 0 aliphatic heterocycles. The highest BCUT2D eigenvalue weighted by Gasteiger charge is 2.48. The van der Waals surface area contributed by atoms with Crippen molar-refractivity contribution in [2.24, 2.45) is 0 Å². The Balaban J connectivity index is 1.79. The number of para-hydroxylation sites is 2. The quantitative estimate of drug-likeness (QED) is 0.434. The van der Waals surface area contributed by atoms with Crippen LogP contribution >= 0.6 is 0 Å². The molecule has 0 unspecified atom stereocenters. The first-order valence-electron chi connectivity index (χ1n) is 9.50. The predicted molar refractivity (Wildman–Crippen MR) is 111 cm³/mol. The fraction of sp³-hybridized carbons (Fsp3) is 0.0385. The van der Waals surface area contributed by atoms with Crippen LogP contribution in [-0.2, 0) is 5.79 Å². The molecular weight excluding hydrogens is 360 g/mol. The lowest BCUT2D eigenvalue weighted by Gasteiger charge is -2.39. The molecule has 5 rings (SSSR count). The maximum Gasteiger partial charge on any atom is 0.306 e. The lowest BCUT2D eigenvalue weighted by atomic mass is 9.80. The highest BCUT2D eigenvalue weighted by molar-refractivity contribution is 6.13. The zero-order chi connectivity index (χ0) is 19.7. The SMILES string of the molecule is O=C1c2ccccc2C(Oc2ccccc2)(Oc2ccccc2)c2ccccc21. The molecule has 0 aromatic heterocycles. The van der Waals surface area contributed by atoms with Gasteiger partial charge in [0.25, 0.3) is 0 Å². The van der Waals surface area contributed by atoms with Gasteiger partial charge in [0.05, 0.1) is 11.1 Å². The van der Waals surface area contributed by atoms with Crippen LogP contribution in [0.3, 0.4) is 0 Å². The summed E-state index contributed by atoms with van der Waals surface area (Å²) in [7, 11) is 0. The highest BCUT2D eigenvalue weighted by atomic mass is 16.7. The van der Waals surface area contributed by atoms with E-state index in [4.69, 9.17) is 9.47 Å². The fourth-order valence-corrected chi connectivity index (χ4v) is 3.78. The number of carbonyl (C=O) groups is 1. The maximum atomic E-state index is 13.2. The molecule has 0 atom stereocenters. The van der Waals surface area contributed by atoms with Crippen molar-refractivity contribution in [2.45, 2.75) is 5.79 Å². The molecule has 0 radical (unpaired) electrons. The lowest BCUT2D eigenvalue weighted by Crippen LogP contribution is -2.45. The van der Waals surface area contributed by atoms with E-state index >= 15 is 0 Å². The largest absolute Gasteiger partial charge is 0.444 e. The molecule has 1 aliphatic rings. The van der Waals surface area contributed by atoms with Crippen molar-refractivity contribution in [3.8, 4) is 11.5 Å². The molecule has 0 fully saturated rings. The monoisotopic (exact) mass is 378 g/mol. The number of fused-ring (bicyclic) bond motifs is 2. The van der Waals surface area contributed by atoms with Crippen LogP contribution in [0.5, 0.6) is 11.5 Å². The standard InChI is InChI=1S/C26H18O3/c27-25-21-15-7-9-17-23(21)26(24-18-10-8-16-22(24)25,28-19-11-3-1-4-12-19)29-20-13-5-2-6-14-20/h1-18H. The van der Waals surface area contributed by atoms with Gasteiger partial charge >= 0.3 is 5.79 Å². The van der Waals surface area contributed by atoms with Gasteiger partial charge in [0, 0.05) is 11.1 Å². The van der Waals surface area contributed by atoms with Gasteiger partial charge < -0.3 is 9.47 Å². The van der Waals surface area contributed by atoms with Crippen LogP contribution in [0.4, 0.5) is 0 Å². The van der Waals surface area contributed by atoms with E-state index in [0.29, 0.717) is 33.8 Å². The van der Waals surface area contributed by atoms with Crippen LogP contribution in [0, 0.1) is 0 Å². The summed E-state index contributed by atoms with van der Waals surface area (Å²) in [6.45, 7) is 0. The molecule has 0 spiro atoms. The van der Waals surface area contributed by atoms with Crippen LogP contribution in [-0.4, -0.2) is 5.78 Å². The molecule has 3 heteroatoms. The third kappa shape index (κ3) is 2.88. The van der Waals surface area contributed by atoms with Gasteiger partial charge in [0.15, 0.2) is 5.78 Å². The molecule has 1 aliphatic carbocycles. The average molecular weight is 378 g/mol. The first-order valence-corrected chi connectivity index (χ1v) is 9.50. The van der Waals surface area contributed by atoms with E-state index in [9.17, 15) is 4.79 Å². The minimum atomic E-state index is -1.29. The summed E-state index contributed by atoms with van der Waals surface area (Å²) in [5.74, 6) is -0.00556. The number of carbonyl (C=O) groups excluding carboxylic acids is 1. The van der Waals surface area contributed by atoms with Crippen LogP contribution in [0.1, 0.15) is 27.0 Å². The Morgan fingerprint density at radius 1 is 0.483 bits per heavy atom. The van der Waals surface area contributed by atoms with Crippen molar-refractivity contribution in [1.29, 1.82) is 0 Å². The Morgan fingerprint density at radius 2 is 0.862 bits per heavy atom. The van der Waals surface area contributed by atoms with E-state index in [2.05, 4.69) is 0 Å². The number of ether oxygens (including phenoxy) is 2. The van der Waals surface area contributed by atoms with Crippen LogP contribution in [0.25, 0.3) is 0 Å². The first-order chi connectivity index (χ1) is 14.3. The second-order valence-corrected chi connectivity index (χ2v) is 6.87. The van der Waals surface area contributed by atoms with E-state index in [1.165, 1.54) is 0 Å². The van der Waals surface area contributed by atoms with Crippen molar-refractivity contribution >= 4 is 5.78 Å². The van der Waals surface area contributed by atoms with Gasteiger partial charge in [-0.2, -0.15) is 0 Å². The van der Waals surface area contributed by atoms with Gasteiger partial charge in [0.2, 0.25) is 0 Å². The van der Waals surface area contributed by atoms with Crippen LogP contribution < -0.4 is 9.47 Å². The third-order valence-electron chi connectivity index (χ3n) is 5.06. The van der Waals surface area contributed by atoms with Gasteiger partial charge in [-0.1, -0.05) is 84.9 Å². The summed E-state index contributed by atoms with van der Waals surface area (Å²) in [6.07, 6.45) is 0. The highest BCUT2D eigenvalue weighted by Crippen LogP contribution is 2.44. The zero-order valence-corrected chi connectivity index (χ0v) is 15.6. The van der Waals surface area contributed by atoms with Gasteiger partial charge in [-0.15, -0.1) is 0 Å². The number of hydrogen-bond acceptors (Lipinski definition) is 3. The summed E-state index contributed by atoms with van der Waals surface area (Å²) in [4.78, 5) is 13.2. The number of ketones is 1. The van der Waals surface area contributed by atoms with Crippen molar-refractivity contribution < 1.29 is 14.3 Å². The maximum absolute atomic E-state index is 13.2. The van der Waals surface area contributed by atoms with E-state index in [0.717, 1.165) is 0 Å². The van der Waals surface area contributed by atoms with Gasteiger partial charge in [-0.25, -0.2) is 0 Å². The Bertz CT molecular complexity index is 1070. The number of benzene rings is 4. The van der Waals surface area contributed by atoms with Gasteiger partial charge in [0.1, 0.15) is 11.5 Å². The molecule has 0 saturated carbocycles. The molecule has 3 nitrogen and oxygen atoms in total. The molecule has 0 saturated heterocycles. The van der Waals surface area contributed by atoms with E-state index in [-0.39, 0.29) is 5.78 Å². The van der Waals surface area contributed by atoms with E-state index in [1.807, 2.05) is 109 Å². The Morgan fingerprint density at radius 3 is 1.31 bits per heavy atom. The molecule has 0 bridgehead atoms. The third-order valence-corrected chi connectivity index (χ3v) is 5.06. The minimum absolute atomic E-state index is 0.0276. The molecule has 0 amide bonds. The lowest BCUT2D eigenvalue weighted by molar-refractivity contribution is -0.0862. The molecule has 0 heterocycles. The number of hydrogen-bond donors (Lipinski definition) is 0. The fourth-order valence-electron chi connectivity index (χ4n) is 3.78. The van der Waals surface area contributed by atoms with Gasteiger partial charge in [-0.05, 0) is 24.3 Å². The summed E-state index contributed by atoms with van der Waals surface area (Å²) in [5, 5.41) is 0. The summed E-state index contributed by atoms with van der Waals surface area (Å²) >= 11 is 0. The van der Waals surface area contributed by atoms with Crippen LogP contribution in [0.2, 0.25) is 0 Å². The molecule has 0 N–H and O–H groups in total.